The smallest absolute Gasteiger partial charge is 0.224 e. The fraction of sp³-hybridized carbons (Fsp3) is 0.643. The second kappa shape index (κ2) is 6.59. The third-order valence-electron chi connectivity index (χ3n) is 3.78. The molecular formula is C14H22N2O2. The van der Waals surface area contributed by atoms with Crippen molar-refractivity contribution in [1.29, 1.82) is 0 Å². The van der Waals surface area contributed by atoms with E-state index in [2.05, 4.69) is 10.3 Å². The van der Waals surface area contributed by atoms with Crippen LogP contribution in [0.1, 0.15) is 37.7 Å². The predicted octanol–water partition coefficient (Wildman–Crippen LogP) is 1.61. The minimum atomic E-state index is 0.111. The van der Waals surface area contributed by atoms with Crippen LogP contribution < -0.4 is 5.32 Å². The summed E-state index contributed by atoms with van der Waals surface area (Å²) in [5, 5.41) is 12.0. The fourth-order valence-corrected chi connectivity index (χ4v) is 2.71. The molecule has 18 heavy (non-hydrogen) atoms. The van der Waals surface area contributed by atoms with Crippen LogP contribution in [0.2, 0.25) is 0 Å². The van der Waals surface area contributed by atoms with Crippen molar-refractivity contribution in [3.8, 4) is 0 Å². The highest BCUT2D eigenvalue weighted by Gasteiger charge is 2.21. The van der Waals surface area contributed by atoms with Crippen LogP contribution in [0.15, 0.2) is 18.5 Å². The molecule has 1 fully saturated rings. The number of aliphatic hydroxyl groups excluding tert-OH is 1. The summed E-state index contributed by atoms with van der Waals surface area (Å²) in [7, 11) is 0. The Morgan fingerprint density at radius 2 is 2.17 bits per heavy atom. The van der Waals surface area contributed by atoms with Crippen molar-refractivity contribution in [2.75, 3.05) is 6.61 Å². The van der Waals surface area contributed by atoms with Crippen molar-refractivity contribution in [2.45, 2.75) is 44.6 Å². The Bertz CT molecular complexity index is 354. The average Bonchev–Trinajstić information content (AvgIpc) is 2.84. The number of aromatic amines is 1. The van der Waals surface area contributed by atoms with Crippen molar-refractivity contribution >= 4 is 5.91 Å². The lowest BCUT2D eigenvalue weighted by molar-refractivity contribution is -0.121. The van der Waals surface area contributed by atoms with E-state index in [1.165, 1.54) is 0 Å². The molecule has 4 nitrogen and oxygen atoms in total. The van der Waals surface area contributed by atoms with Gasteiger partial charge in [-0.2, -0.15) is 0 Å². The fourth-order valence-electron chi connectivity index (χ4n) is 2.71. The Hall–Kier alpha value is -1.29. The Balaban J connectivity index is 1.69. The highest BCUT2D eigenvalue weighted by atomic mass is 16.3. The van der Waals surface area contributed by atoms with Gasteiger partial charge < -0.3 is 15.4 Å². The molecule has 0 unspecified atom stereocenters. The third kappa shape index (κ3) is 3.88. The van der Waals surface area contributed by atoms with Crippen LogP contribution in [0.3, 0.4) is 0 Å². The molecule has 0 bridgehead atoms. The number of carbonyl (C=O) groups is 1. The van der Waals surface area contributed by atoms with E-state index in [1.807, 2.05) is 18.5 Å². The van der Waals surface area contributed by atoms with Crippen LogP contribution in [0.4, 0.5) is 0 Å². The first-order valence-corrected chi connectivity index (χ1v) is 6.80. The molecule has 0 radical (unpaired) electrons. The first-order chi connectivity index (χ1) is 8.78. The summed E-state index contributed by atoms with van der Waals surface area (Å²) in [6.45, 7) is 0.287. The number of hydrogen-bond acceptors (Lipinski definition) is 2. The number of aliphatic hydroxyl groups is 1. The number of rotatable bonds is 5. The SMILES string of the molecule is O=C(Cc1cc[nH]c1)NC1CCC(CCO)CC1. The second-order valence-corrected chi connectivity index (χ2v) is 5.19. The first kappa shape index (κ1) is 13.1. The van der Waals surface area contributed by atoms with Crippen molar-refractivity contribution in [1.82, 2.24) is 10.3 Å². The summed E-state index contributed by atoms with van der Waals surface area (Å²) < 4.78 is 0. The van der Waals surface area contributed by atoms with Gasteiger partial charge in [-0.25, -0.2) is 0 Å². The highest BCUT2D eigenvalue weighted by molar-refractivity contribution is 5.78. The molecule has 1 amide bonds. The zero-order valence-electron chi connectivity index (χ0n) is 10.7. The zero-order chi connectivity index (χ0) is 12.8. The number of carbonyl (C=O) groups excluding carboxylic acids is 1. The number of nitrogens with one attached hydrogen (secondary N) is 2. The quantitative estimate of drug-likeness (QED) is 0.743. The molecule has 100 valence electrons. The van der Waals surface area contributed by atoms with Crippen LogP contribution in [0, 0.1) is 5.92 Å². The lowest BCUT2D eigenvalue weighted by Gasteiger charge is -2.28. The van der Waals surface area contributed by atoms with Crippen molar-refractivity contribution in [3.05, 3.63) is 24.0 Å². The number of aromatic nitrogens is 1. The van der Waals surface area contributed by atoms with Crippen LogP contribution in [-0.4, -0.2) is 28.6 Å². The Kier molecular flexibility index (Phi) is 4.81. The molecule has 3 N–H and O–H groups in total. The molecule has 1 aliphatic rings. The van der Waals surface area contributed by atoms with Gasteiger partial charge in [0, 0.05) is 25.0 Å². The van der Waals surface area contributed by atoms with Gasteiger partial charge in [0.25, 0.3) is 0 Å². The molecule has 0 aromatic carbocycles. The maximum absolute atomic E-state index is 11.8. The van der Waals surface area contributed by atoms with E-state index in [0.717, 1.165) is 37.7 Å². The normalized spacial score (nSPS) is 23.8. The second-order valence-electron chi connectivity index (χ2n) is 5.19. The average molecular weight is 250 g/mol. The molecule has 1 heterocycles. The van der Waals surface area contributed by atoms with Gasteiger partial charge in [0.2, 0.25) is 5.91 Å². The summed E-state index contributed by atoms with van der Waals surface area (Å²) in [5.41, 5.74) is 1.03. The molecule has 4 heteroatoms. The van der Waals surface area contributed by atoms with Crippen molar-refractivity contribution < 1.29 is 9.90 Å². The van der Waals surface area contributed by atoms with Gasteiger partial charge in [-0.3, -0.25) is 4.79 Å². The van der Waals surface area contributed by atoms with Gasteiger partial charge in [-0.15, -0.1) is 0 Å². The Morgan fingerprint density at radius 3 is 2.78 bits per heavy atom. The zero-order valence-corrected chi connectivity index (χ0v) is 10.7. The maximum Gasteiger partial charge on any atom is 0.224 e. The lowest BCUT2D eigenvalue weighted by atomic mass is 9.84. The summed E-state index contributed by atoms with van der Waals surface area (Å²) in [6, 6.07) is 2.25. The van der Waals surface area contributed by atoms with E-state index >= 15 is 0 Å². The predicted molar refractivity (Wildman–Crippen MR) is 70.1 cm³/mol. The van der Waals surface area contributed by atoms with Crippen LogP contribution in [0.25, 0.3) is 0 Å². The van der Waals surface area contributed by atoms with E-state index in [-0.39, 0.29) is 12.5 Å². The summed E-state index contributed by atoms with van der Waals surface area (Å²) in [5.74, 6) is 0.757. The summed E-state index contributed by atoms with van der Waals surface area (Å²) in [6.07, 6.45) is 9.39. The molecule has 0 saturated heterocycles. The van der Waals surface area contributed by atoms with Crippen LogP contribution >= 0.6 is 0 Å². The van der Waals surface area contributed by atoms with Gasteiger partial charge in [0.15, 0.2) is 0 Å². The molecule has 0 atom stereocenters. The topological polar surface area (TPSA) is 65.1 Å². The van der Waals surface area contributed by atoms with E-state index in [1.54, 1.807) is 0 Å². The first-order valence-electron chi connectivity index (χ1n) is 6.80. The summed E-state index contributed by atoms with van der Waals surface area (Å²) >= 11 is 0. The Morgan fingerprint density at radius 1 is 1.39 bits per heavy atom. The largest absolute Gasteiger partial charge is 0.396 e. The molecular weight excluding hydrogens is 228 g/mol. The van der Waals surface area contributed by atoms with Gasteiger partial charge >= 0.3 is 0 Å². The minimum absolute atomic E-state index is 0.111. The monoisotopic (exact) mass is 250 g/mol. The van der Waals surface area contributed by atoms with Crippen molar-refractivity contribution in [2.24, 2.45) is 5.92 Å². The van der Waals surface area contributed by atoms with Crippen LogP contribution in [-0.2, 0) is 11.2 Å². The molecule has 0 aliphatic heterocycles. The molecule has 0 spiro atoms. The number of amides is 1. The van der Waals surface area contributed by atoms with E-state index in [9.17, 15) is 4.79 Å². The maximum atomic E-state index is 11.8. The molecule has 1 aliphatic carbocycles. The van der Waals surface area contributed by atoms with E-state index in [4.69, 9.17) is 5.11 Å². The molecule has 2 rings (SSSR count). The van der Waals surface area contributed by atoms with E-state index in [0.29, 0.717) is 18.4 Å². The lowest BCUT2D eigenvalue weighted by Crippen LogP contribution is -2.38. The molecule has 1 aromatic rings. The highest BCUT2D eigenvalue weighted by Crippen LogP contribution is 2.26. The third-order valence-corrected chi connectivity index (χ3v) is 3.78. The van der Waals surface area contributed by atoms with Gasteiger partial charge in [-0.05, 0) is 49.7 Å². The number of hydrogen-bond donors (Lipinski definition) is 3. The van der Waals surface area contributed by atoms with Gasteiger partial charge in [-0.1, -0.05) is 0 Å². The molecule has 1 aromatic heterocycles. The standard InChI is InChI=1S/C14H22N2O2/c17-8-6-11-1-3-13(4-2-11)16-14(18)9-12-5-7-15-10-12/h5,7,10-11,13,15,17H,1-4,6,8-9H2,(H,16,18). The Labute approximate surface area is 108 Å². The van der Waals surface area contributed by atoms with Crippen molar-refractivity contribution in [3.63, 3.8) is 0 Å². The van der Waals surface area contributed by atoms with Gasteiger partial charge in [0.05, 0.1) is 6.42 Å². The number of H-pyrrole nitrogens is 1. The van der Waals surface area contributed by atoms with E-state index < -0.39 is 0 Å². The molecule has 1 saturated carbocycles. The minimum Gasteiger partial charge on any atom is -0.396 e. The van der Waals surface area contributed by atoms with Gasteiger partial charge in [0.1, 0.15) is 0 Å². The van der Waals surface area contributed by atoms with Crippen LogP contribution in [0.5, 0.6) is 0 Å². The summed E-state index contributed by atoms with van der Waals surface area (Å²) in [4.78, 5) is 14.8.